The van der Waals surface area contributed by atoms with E-state index in [9.17, 15) is 0 Å². The molecule has 5 heteroatoms. The number of hydrogen-bond donors (Lipinski definition) is 1. The molecule has 0 saturated carbocycles. The Morgan fingerprint density at radius 2 is 1.91 bits per heavy atom. The van der Waals surface area contributed by atoms with Crippen LogP contribution in [0.1, 0.15) is 29.4 Å². The lowest BCUT2D eigenvalue weighted by Gasteiger charge is -2.16. The molecule has 1 N–H and O–H groups in total. The predicted molar refractivity (Wildman–Crippen MR) is 88.2 cm³/mol. The Bertz CT molecular complexity index is 806. The van der Waals surface area contributed by atoms with Crippen LogP contribution in [0.25, 0.3) is 5.65 Å². The third kappa shape index (κ3) is 2.93. The minimum absolute atomic E-state index is 0.295. The van der Waals surface area contributed by atoms with E-state index in [-0.39, 0.29) is 0 Å². The van der Waals surface area contributed by atoms with Crippen molar-refractivity contribution in [2.75, 3.05) is 5.32 Å². The number of rotatable bonds is 4. The number of benzene rings is 1. The van der Waals surface area contributed by atoms with Gasteiger partial charge < -0.3 is 5.32 Å². The van der Waals surface area contributed by atoms with Crippen LogP contribution >= 0.6 is 0 Å². The zero-order valence-corrected chi connectivity index (χ0v) is 13.5. The SMILES string of the molecule is Cc1ccc(CC(C)Nc2ccc3nnc(C)n3n2)c(C)c1. The first-order chi connectivity index (χ1) is 10.5. The molecule has 0 fully saturated rings. The molecule has 0 spiro atoms. The van der Waals surface area contributed by atoms with Crippen LogP contribution in [0.15, 0.2) is 30.3 Å². The van der Waals surface area contributed by atoms with Crippen LogP contribution in [0.3, 0.4) is 0 Å². The second-order valence-electron chi connectivity index (χ2n) is 5.92. The first kappa shape index (κ1) is 14.5. The van der Waals surface area contributed by atoms with Gasteiger partial charge in [-0.25, -0.2) is 0 Å². The number of nitrogens with zero attached hydrogens (tertiary/aromatic N) is 4. The summed E-state index contributed by atoms with van der Waals surface area (Å²) in [5.74, 6) is 1.63. The van der Waals surface area contributed by atoms with Crippen molar-refractivity contribution >= 4 is 11.5 Å². The smallest absolute Gasteiger partial charge is 0.178 e. The van der Waals surface area contributed by atoms with Crippen LogP contribution in [0.4, 0.5) is 5.82 Å². The largest absolute Gasteiger partial charge is 0.366 e. The third-order valence-electron chi connectivity index (χ3n) is 3.84. The number of nitrogens with one attached hydrogen (secondary N) is 1. The number of anilines is 1. The van der Waals surface area contributed by atoms with Gasteiger partial charge in [0.05, 0.1) is 0 Å². The van der Waals surface area contributed by atoms with Crippen molar-refractivity contribution in [3.63, 3.8) is 0 Å². The average Bonchev–Trinajstić information content (AvgIpc) is 2.83. The quantitative estimate of drug-likeness (QED) is 0.803. The van der Waals surface area contributed by atoms with Crippen molar-refractivity contribution in [2.24, 2.45) is 0 Å². The summed E-state index contributed by atoms with van der Waals surface area (Å²) < 4.78 is 1.76. The lowest BCUT2D eigenvalue weighted by molar-refractivity contribution is 0.767. The van der Waals surface area contributed by atoms with E-state index in [0.29, 0.717) is 6.04 Å². The monoisotopic (exact) mass is 295 g/mol. The van der Waals surface area contributed by atoms with Crippen LogP contribution in [0, 0.1) is 20.8 Å². The molecule has 22 heavy (non-hydrogen) atoms. The summed E-state index contributed by atoms with van der Waals surface area (Å²) in [6, 6.07) is 10.8. The number of aryl methyl sites for hydroxylation is 3. The number of aromatic nitrogens is 4. The van der Waals surface area contributed by atoms with E-state index in [0.717, 1.165) is 23.7 Å². The van der Waals surface area contributed by atoms with Gasteiger partial charge in [-0.05, 0) is 57.4 Å². The Morgan fingerprint density at radius 1 is 1.09 bits per heavy atom. The first-order valence-electron chi connectivity index (χ1n) is 7.54. The molecule has 1 aromatic carbocycles. The highest BCUT2D eigenvalue weighted by atomic mass is 15.4. The van der Waals surface area contributed by atoms with Crippen LogP contribution in [0.2, 0.25) is 0 Å². The number of fused-ring (bicyclic) bond motifs is 1. The summed E-state index contributed by atoms with van der Waals surface area (Å²) in [5, 5.41) is 16.1. The van der Waals surface area contributed by atoms with E-state index >= 15 is 0 Å². The van der Waals surface area contributed by atoms with E-state index in [1.165, 1.54) is 16.7 Å². The average molecular weight is 295 g/mol. The zero-order chi connectivity index (χ0) is 15.7. The van der Waals surface area contributed by atoms with E-state index < -0.39 is 0 Å². The molecule has 0 aliphatic rings. The summed E-state index contributed by atoms with van der Waals surface area (Å²) in [5.41, 5.74) is 4.78. The fourth-order valence-corrected chi connectivity index (χ4v) is 2.68. The van der Waals surface area contributed by atoms with Crippen molar-refractivity contribution in [2.45, 2.75) is 40.2 Å². The summed E-state index contributed by atoms with van der Waals surface area (Å²) in [6.07, 6.45) is 0.965. The van der Waals surface area contributed by atoms with Gasteiger partial charge in [-0.15, -0.1) is 15.3 Å². The standard InChI is InChI=1S/C17H21N5/c1-11-5-6-15(12(2)9-11)10-13(3)18-16-7-8-17-20-19-14(4)22(17)21-16/h5-9,13H,10H2,1-4H3,(H,18,21). The summed E-state index contributed by atoms with van der Waals surface area (Å²) in [4.78, 5) is 0. The van der Waals surface area contributed by atoms with Gasteiger partial charge in [-0.2, -0.15) is 4.52 Å². The van der Waals surface area contributed by atoms with Crippen molar-refractivity contribution in [1.29, 1.82) is 0 Å². The highest BCUT2D eigenvalue weighted by Crippen LogP contribution is 2.15. The van der Waals surface area contributed by atoms with Crippen molar-refractivity contribution in [1.82, 2.24) is 19.8 Å². The molecule has 1 unspecified atom stereocenters. The van der Waals surface area contributed by atoms with Gasteiger partial charge in [0.1, 0.15) is 5.82 Å². The van der Waals surface area contributed by atoms with Gasteiger partial charge in [-0.1, -0.05) is 23.8 Å². The maximum atomic E-state index is 4.53. The first-order valence-corrected chi connectivity index (χ1v) is 7.54. The van der Waals surface area contributed by atoms with Crippen LogP contribution in [0.5, 0.6) is 0 Å². The fourth-order valence-electron chi connectivity index (χ4n) is 2.68. The molecule has 1 atom stereocenters. The van der Waals surface area contributed by atoms with E-state index in [2.05, 4.69) is 59.6 Å². The lowest BCUT2D eigenvalue weighted by Crippen LogP contribution is -2.20. The van der Waals surface area contributed by atoms with Crippen LogP contribution in [-0.2, 0) is 6.42 Å². The molecule has 5 nitrogen and oxygen atoms in total. The number of hydrogen-bond acceptors (Lipinski definition) is 4. The molecular formula is C17H21N5. The van der Waals surface area contributed by atoms with Gasteiger partial charge in [0.2, 0.25) is 0 Å². The Hall–Kier alpha value is -2.43. The molecule has 0 saturated heterocycles. The molecule has 0 aliphatic heterocycles. The van der Waals surface area contributed by atoms with E-state index in [1.807, 2.05) is 19.1 Å². The van der Waals surface area contributed by atoms with Crippen molar-refractivity contribution in [3.8, 4) is 0 Å². The molecule has 114 valence electrons. The maximum Gasteiger partial charge on any atom is 0.178 e. The fraction of sp³-hybridized carbons (Fsp3) is 0.353. The summed E-state index contributed by atoms with van der Waals surface area (Å²) in [7, 11) is 0. The highest BCUT2D eigenvalue weighted by molar-refractivity contribution is 5.44. The minimum Gasteiger partial charge on any atom is -0.366 e. The Labute approximate surface area is 130 Å². The second-order valence-corrected chi connectivity index (χ2v) is 5.92. The zero-order valence-electron chi connectivity index (χ0n) is 13.5. The van der Waals surface area contributed by atoms with Crippen LogP contribution < -0.4 is 5.32 Å². The molecule has 0 amide bonds. The van der Waals surface area contributed by atoms with Gasteiger partial charge >= 0.3 is 0 Å². The van der Waals surface area contributed by atoms with E-state index in [4.69, 9.17) is 0 Å². The predicted octanol–water partition coefficient (Wildman–Crippen LogP) is 3.09. The van der Waals surface area contributed by atoms with E-state index in [1.54, 1.807) is 4.52 Å². The Morgan fingerprint density at radius 3 is 2.68 bits per heavy atom. The molecule has 0 radical (unpaired) electrons. The second kappa shape index (κ2) is 5.75. The van der Waals surface area contributed by atoms with Gasteiger partial charge in [0, 0.05) is 6.04 Å². The normalized spacial score (nSPS) is 12.5. The topological polar surface area (TPSA) is 55.1 Å². The third-order valence-corrected chi connectivity index (χ3v) is 3.84. The molecule has 3 rings (SSSR count). The summed E-state index contributed by atoms with van der Waals surface area (Å²) >= 11 is 0. The lowest BCUT2D eigenvalue weighted by atomic mass is 10.00. The summed E-state index contributed by atoms with van der Waals surface area (Å²) in [6.45, 7) is 8.36. The molecule has 2 aromatic heterocycles. The molecule has 2 heterocycles. The van der Waals surface area contributed by atoms with Gasteiger partial charge in [-0.3, -0.25) is 0 Å². The Balaban J connectivity index is 1.74. The van der Waals surface area contributed by atoms with Crippen molar-refractivity contribution < 1.29 is 0 Å². The molecular weight excluding hydrogens is 274 g/mol. The maximum absolute atomic E-state index is 4.53. The molecule has 3 aromatic rings. The Kier molecular flexibility index (Phi) is 3.79. The minimum atomic E-state index is 0.295. The highest BCUT2D eigenvalue weighted by Gasteiger charge is 2.09. The van der Waals surface area contributed by atoms with Gasteiger partial charge in [0.25, 0.3) is 0 Å². The molecule has 0 bridgehead atoms. The van der Waals surface area contributed by atoms with Crippen molar-refractivity contribution in [3.05, 3.63) is 52.8 Å². The van der Waals surface area contributed by atoms with Gasteiger partial charge in [0.15, 0.2) is 11.5 Å². The molecule has 0 aliphatic carbocycles. The van der Waals surface area contributed by atoms with Crippen LogP contribution in [-0.4, -0.2) is 25.9 Å².